The van der Waals surface area contributed by atoms with Crippen molar-refractivity contribution in [3.63, 3.8) is 0 Å². The predicted molar refractivity (Wildman–Crippen MR) is 136 cm³/mol. The molecule has 0 bridgehead atoms. The lowest BCUT2D eigenvalue weighted by molar-refractivity contribution is -0.141. The number of hydrogen-bond acceptors (Lipinski definition) is 5. The van der Waals surface area contributed by atoms with Crippen LogP contribution in [0.25, 0.3) is 11.1 Å². The summed E-state index contributed by atoms with van der Waals surface area (Å²) in [5, 5.41) is 0.0330. The van der Waals surface area contributed by atoms with Crippen LogP contribution in [-0.4, -0.2) is 49.7 Å². The molecule has 0 radical (unpaired) electrons. The number of aromatic nitrogens is 1. The molecule has 1 amide bonds. The summed E-state index contributed by atoms with van der Waals surface area (Å²) in [7, 11) is -0.390. The van der Waals surface area contributed by atoms with Crippen LogP contribution < -0.4 is 4.74 Å². The molecule has 2 aliphatic heterocycles. The zero-order chi connectivity index (χ0) is 25.2. The van der Waals surface area contributed by atoms with E-state index in [-0.39, 0.29) is 29.1 Å². The third-order valence-electron chi connectivity index (χ3n) is 8.33. The number of halogens is 1. The van der Waals surface area contributed by atoms with Gasteiger partial charge in [0.15, 0.2) is 13.9 Å². The van der Waals surface area contributed by atoms with E-state index in [9.17, 15) is 9.18 Å². The third kappa shape index (κ3) is 3.73. The number of fused-ring (bicyclic) bond motifs is 4. The molecule has 6 nitrogen and oxygen atoms in total. The predicted octanol–water partition coefficient (Wildman–Crippen LogP) is 5.53. The van der Waals surface area contributed by atoms with Crippen LogP contribution in [0, 0.1) is 11.9 Å². The van der Waals surface area contributed by atoms with Crippen LogP contribution in [0.4, 0.5) is 4.39 Å². The van der Waals surface area contributed by atoms with E-state index in [0.29, 0.717) is 22.4 Å². The number of rotatable bonds is 3. The molecule has 1 saturated carbocycles. The van der Waals surface area contributed by atoms with Crippen molar-refractivity contribution in [1.29, 1.82) is 0 Å². The van der Waals surface area contributed by atoms with Gasteiger partial charge >= 0.3 is 0 Å². The molecule has 1 aromatic carbocycles. The number of hydrogen-bond donors (Lipinski definition) is 0. The lowest BCUT2D eigenvalue weighted by Crippen LogP contribution is -2.60. The number of amides is 1. The van der Waals surface area contributed by atoms with Crippen molar-refractivity contribution in [2.24, 2.45) is 10.9 Å². The smallest absolute Gasteiger partial charge is 0.260 e. The average Bonchev–Trinajstić information content (AvgIpc) is 3.08. The molecule has 4 unspecified atom stereocenters. The fourth-order valence-electron chi connectivity index (χ4n) is 5.49. The summed E-state index contributed by atoms with van der Waals surface area (Å²) in [5.41, 5.74) is 0.546. The molecule has 35 heavy (non-hydrogen) atoms. The van der Waals surface area contributed by atoms with Gasteiger partial charge in [-0.05, 0) is 67.2 Å². The van der Waals surface area contributed by atoms with Crippen LogP contribution in [0.5, 0.6) is 5.75 Å². The molecule has 2 aromatic rings. The van der Waals surface area contributed by atoms with Gasteiger partial charge < -0.3 is 14.1 Å². The van der Waals surface area contributed by atoms with E-state index in [1.807, 2.05) is 18.2 Å². The minimum atomic E-state index is -2.13. The molecular weight excluding hydrogens is 461 g/mol. The van der Waals surface area contributed by atoms with Gasteiger partial charge in [-0.1, -0.05) is 26.8 Å². The van der Waals surface area contributed by atoms with E-state index in [0.717, 1.165) is 19.3 Å². The first-order valence-electron chi connectivity index (χ1n) is 12.4. The molecule has 1 fully saturated rings. The summed E-state index contributed by atoms with van der Waals surface area (Å²) in [5.74, 6) is -0.272. The maximum atomic E-state index is 14.6. The topological polar surface area (TPSA) is 64.0 Å². The molecule has 5 rings (SSSR count). The Hall–Kier alpha value is -2.58. The molecule has 3 aliphatic rings. The summed E-state index contributed by atoms with van der Waals surface area (Å²) in [6, 6.07) is 8.93. The van der Waals surface area contributed by atoms with Crippen LogP contribution >= 0.6 is 0 Å². The lowest BCUT2D eigenvalue weighted by Gasteiger charge is -2.52. The van der Waals surface area contributed by atoms with Crippen LogP contribution in [0.15, 0.2) is 41.5 Å². The van der Waals surface area contributed by atoms with Gasteiger partial charge in [0, 0.05) is 24.4 Å². The maximum absolute atomic E-state index is 14.6. The van der Waals surface area contributed by atoms with Crippen molar-refractivity contribution < 1.29 is 18.3 Å². The van der Waals surface area contributed by atoms with Crippen molar-refractivity contribution in [1.82, 2.24) is 9.88 Å². The molecule has 1 aromatic heterocycles. The monoisotopic (exact) mass is 495 g/mol. The summed E-state index contributed by atoms with van der Waals surface area (Å²) in [6.07, 6.45) is 5.37. The van der Waals surface area contributed by atoms with Crippen molar-refractivity contribution in [2.75, 3.05) is 7.05 Å². The van der Waals surface area contributed by atoms with Gasteiger partial charge in [0.05, 0.1) is 18.4 Å². The molecular formula is C27H34FN3O3Si. The normalized spacial score (nSPS) is 28.1. The molecule has 3 heterocycles. The number of benzene rings is 1. The van der Waals surface area contributed by atoms with Gasteiger partial charge in [0.25, 0.3) is 5.91 Å². The van der Waals surface area contributed by atoms with Gasteiger partial charge in [-0.15, -0.1) is 0 Å². The highest BCUT2D eigenvalue weighted by Gasteiger charge is 2.62. The molecule has 1 aliphatic carbocycles. The number of carbonyl (C=O) groups excluding carboxylic acids is 1. The van der Waals surface area contributed by atoms with Gasteiger partial charge in [0.1, 0.15) is 11.9 Å². The first-order valence-corrected chi connectivity index (χ1v) is 15.3. The fourth-order valence-corrected chi connectivity index (χ4v) is 6.86. The number of ether oxygens (including phenoxy) is 1. The van der Waals surface area contributed by atoms with Crippen LogP contribution in [0.1, 0.15) is 45.6 Å². The Labute approximate surface area is 207 Å². The highest BCUT2D eigenvalue weighted by Crippen LogP contribution is 2.55. The Morgan fingerprint density at radius 3 is 2.66 bits per heavy atom. The molecule has 8 heteroatoms. The van der Waals surface area contributed by atoms with Crippen molar-refractivity contribution in [2.45, 2.75) is 75.9 Å². The number of pyridine rings is 1. The van der Waals surface area contributed by atoms with E-state index in [1.54, 1.807) is 30.4 Å². The minimum Gasteiger partial charge on any atom is -0.490 e. The van der Waals surface area contributed by atoms with Crippen LogP contribution in [0.2, 0.25) is 18.1 Å². The van der Waals surface area contributed by atoms with E-state index < -0.39 is 19.8 Å². The van der Waals surface area contributed by atoms with E-state index in [4.69, 9.17) is 14.2 Å². The zero-order valence-corrected chi connectivity index (χ0v) is 22.3. The number of nitrogens with zero attached hydrogens (tertiary/aromatic N) is 3. The van der Waals surface area contributed by atoms with E-state index >= 15 is 0 Å². The number of carbonyl (C=O) groups is 1. The standard InChI is InChI=1S/C27H34FN3O3Si/c1-26(2,3)35(5,6)34-22-11-7-10-21-23(22)27(25(32)31(4)16-30-27)19-15-17(12-13-20(19)33-21)18-9-8-14-29-24(18)28/h8-9,12-16,21-23H,7,10-11H2,1-6H3. The van der Waals surface area contributed by atoms with Gasteiger partial charge in [-0.25, -0.2) is 4.98 Å². The molecule has 4 atom stereocenters. The Bertz CT molecular complexity index is 1190. The second kappa shape index (κ2) is 8.23. The van der Waals surface area contributed by atoms with E-state index in [1.165, 1.54) is 6.20 Å². The van der Waals surface area contributed by atoms with Gasteiger partial charge in [0.2, 0.25) is 5.95 Å². The third-order valence-corrected chi connectivity index (χ3v) is 12.8. The number of likely N-dealkylation sites (N-methyl/N-ethyl adjacent to an activating group) is 1. The first-order chi connectivity index (χ1) is 16.5. The molecule has 0 saturated heterocycles. The Morgan fingerprint density at radius 1 is 1.23 bits per heavy atom. The maximum Gasteiger partial charge on any atom is 0.260 e. The summed E-state index contributed by atoms with van der Waals surface area (Å²) >= 11 is 0. The Morgan fingerprint density at radius 2 is 2.00 bits per heavy atom. The highest BCUT2D eigenvalue weighted by atomic mass is 28.4. The zero-order valence-electron chi connectivity index (χ0n) is 21.3. The van der Waals surface area contributed by atoms with Gasteiger partial charge in [-0.2, -0.15) is 4.39 Å². The fraction of sp³-hybridized carbons (Fsp3) is 0.519. The largest absolute Gasteiger partial charge is 0.490 e. The van der Waals surface area contributed by atoms with Crippen molar-refractivity contribution in [3.05, 3.63) is 48.0 Å². The summed E-state index contributed by atoms with van der Waals surface area (Å²) < 4.78 is 28.1. The lowest BCUT2D eigenvalue weighted by atomic mass is 9.66. The quantitative estimate of drug-likeness (QED) is 0.415. The second-order valence-electron chi connectivity index (χ2n) is 11.5. The summed E-state index contributed by atoms with van der Waals surface area (Å²) in [4.78, 5) is 24.2. The van der Waals surface area contributed by atoms with E-state index in [2.05, 4.69) is 38.8 Å². The van der Waals surface area contributed by atoms with Crippen LogP contribution in [-0.2, 0) is 14.8 Å². The van der Waals surface area contributed by atoms with Crippen molar-refractivity contribution in [3.8, 4) is 16.9 Å². The Balaban J connectivity index is 1.67. The average molecular weight is 496 g/mol. The molecule has 186 valence electrons. The first kappa shape index (κ1) is 24.1. The minimum absolute atomic E-state index is 0.0330. The Kier molecular flexibility index (Phi) is 5.68. The van der Waals surface area contributed by atoms with Crippen LogP contribution in [0.3, 0.4) is 0 Å². The highest BCUT2D eigenvalue weighted by molar-refractivity contribution is 6.74. The van der Waals surface area contributed by atoms with Gasteiger partial charge in [-0.3, -0.25) is 9.79 Å². The SMILES string of the molecule is CN1C=NC2(C1=O)c1cc(-c3cccnc3F)ccc1OC1CCCC(O[Si](C)(C)C(C)(C)C)C12. The molecule has 0 N–H and O–H groups in total. The summed E-state index contributed by atoms with van der Waals surface area (Å²) in [6.45, 7) is 11.2. The van der Waals surface area contributed by atoms with Crippen molar-refractivity contribution >= 4 is 20.6 Å². The second-order valence-corrected chi connectivity index (χ2v) is 16.3. The number of aliphatic imine (C=N–C) groups is 1. The molecule has 1 spiro atoms.